The van der Waals surface area contributed by atoms with E-state index >= 15 is 0 Å². The summed E-state index contributed by atoms with van der Waals surface area (Å²) in [7, 11) is -4.30. The van der Waals surface area contributed by atoms with Crippen molar-refractivity contribution in [1.29, 1.82) is 0 Å². The lowest BCUT2D eigenvalue weighted by molar-refractivity contribution is -0.384. The zero-order valence-electron chi connectivity index (χ0n) is 21.2. The lowest BCUT2D eigenvalue weighted by Gasteiger charge is -2.32. The number of nitro benzene ring substituents is 1. The van der Waals surface area contributed by atoms with Gasteiger partial charge in [-0.1, -0.05) is 61.5 Å². The first-order chi connectivity index (χ1) is 18.1. The minimum Gasteiger partial charge on any atom is -0.354 e. The van der Waals surface area contributed by atoms with Gasteiger partial charge in [-0.05, 0) is 37.1 Å². The van der Waals surface area contributed by atoms with Crippen LogP contribution in [0.15, 0.2) is 89.8 Å². The van der Waals surface area contributed by atoms with E-state index in [0.717, 1.165) is 15.9 Å². The molecular formula is C27H30N4O6S. The summed E-state index contributed by atoms with van der Waals surface area (Å²) >= 11 is 0. The number of nitrogens with one attached hydrogen (secondary N) is 1. The Morgan fingerprint density at radius 3 is 2.21 bits per heavy atom. The van der Waals surface area contributed by atoms with E-state index in [4.69, 9.17) is 0 Å². The number of hydrogen-bond acceptors (Lipinski definition) is 6. The molecule has 1 N–H and O–H groups in total. The number of nitrogens with zero attached hydrogens (tertiary/aromatic N) is 3. The third-order valence-electron chi connectivity index (χ3n) is 5.85. The molecule has 1 atom stereocenters. The van der Waals surface area contributed by atoms with Gasteiger partial charge in [-0.3, -0.25) is 24.0 Å². The largest absolute Gasteiger partial charge is 0.354 e. The van der Waals surface area contributed by atoms with E-state index in [1.54, 1.807) is 49.4 Å². The highest BCUT2D eigenvalue weighted by Gasteiger charge is 2.33. The Labute approximate surface area is 222 Å². The van der Waals surface area contributed by atoms with Gasteiger partial charge in [0.1, 0.15) is 12.6 Å². The van der Waals surface area contributed by atoms with Crippen molar-refractivity contribution in [1.82, 2.24) is 10.2 Å². The van der Waals surface area contributed by atoms with Crippen LogP contribution >= 0.6 is 0 Å². The Bertz CT molecular complexity index is 1370. The third kappa shape index (κ3) is 6.94. The van der Waals surface area contributed by atoms with Crippen LogP contribution in [-0.4, -0.2) is 49.2 Å². The molecule has 3 rings (SSSR count). The maximum atomic E-state index is 13.8. The van der Waals surface area contributed by atoms with E-state index in [1.165, 1.54) is 35.2 Å². The quantitative estimate of drug-likeness (QED) is 0.276. The Morgan fingerprint density at radius 2 is 1.61 bits per heavy atom. The second-order valence-electron chi connectivity index (χ2n) is 8.58. The zero-order valence-corrected chi connectivity index (χ0v) is 22.0. The lowest BCUT2D eigenvalue weighted by atomic mass is 10.1. The molecule has 38 heavy (non-hydrogen) atoms. The summed E-state index contributed by atoms with van der Waals surface area (Å²) in [5.74, 6) is -1.01. The van der Waals surface area contributed by atoms with Gasteiger partial charge in [-0.2, -0.15) is 0 Å². The summed E-state index contributed by atoms with van der Waals surface area (Å²) in [4.78, 5) is 38.6. The summed E-state index contributed by atoms with van der Waals surface area (Å²) < 4.78 is 28.2. The topological polar surface area (TPSA) is 130 Å². The second kappa shape index (κ2) is 12.8. The van der Waals surface area contributed by atoms with Crippen LogP contribution in [0.3, 0.4) is 0 Å². The fourth-order valence-corrected chi connectivity index (χ4v) is 5.20. The highest BCUT2D eigenvalue weighted by atomic mass is 32.2. The normalized spacial score (nSPS) is 11.8. The molecular weight excluding hydrogens is 508 g/mol. The molecule has 3 aromatic carbocycles. The predicted molar refractivity (Wildman–Crippen MR) is 144 cm³/mol. The molecule has 1 unspecified atom stereocenters. The standard InChI is InChI=1S/C27H30N4O6S/c1-3-17-28-27(33)21(2)29(19-22-11-6-4-7-12-22)26(32)20-30(23-13-10-14-24(18-23)31(34)35)38(36,37)25-15-8-5-9-16-25/h4-16,18,21H,3,17,19-20H2,1-2H3,(H,28,33). The average molecular weight is 539 g/mol. The molecule has 10 nitrogen and oxygen atoms in total. The van der Waals surface area contributed by atoms with Crippen LogP contribution in [0.5, 0.6) is 0 Å². The van der Waals surface area contributed by atoms with Gasteiger partial charge in [0.05, 0.1) is 15.5 Å². The molecule has 0 fully saturated rings. The number of carbonyl (C=O) groups excluding carboxylic acids is 2. The van der Waals surface area contributed by atoms with E-state index in [-0.39, 0.29) is 28.7 Å². The maximum Gasteiger partial charge on any atom is 0.271 e. The van der Waals surface area contributed by atoms with Crippen LogP contribution in [0.4, 0.5) is 11.4 Å². The number of rotatable bonds is 12. The highest BCUT2D eigenvalue weighted by Crippen LogP contribution is 2.27. The van der Waals surface area contributed by atoms with Gasteiger partial charge >= 0.3 is 0 Å². The van der Waals surface area contributed by atoms with E-state index in [9.17, 15) is 28.1 Å². The molecule has 2 amide bonds. The van der Waals surface area contributed by atoms with Crippen molar-refractivity contribution in [2.75, 3.05) is 17.4 Å². The molecule has 0 aromatic heterocycles. The van der Waals surface area contributed by atoms with Gasteiger partial charge in [-0.25, -0.2) is 8.42 Å². The van der Waals surface area contributed by atoms with Crippen LogP contribution in [0.1, 0.15) is 25.8 Å². The summed E-state index contributed by atoms with van der Waals surface area (Å²) in [6.07, 6.45) is 0.709. The number of amides is 2. The maximum absolute atomic E-state index is 13.8. The first kappa shape index (κ1) is 28.3. The van der Waals surface area contributed by atoms with E-state index in [1.807, 2.05) is 13.0 Å². The Morgan fingerprint density at radius 1 is 0.974 bits per heavy atom. The molecule has 3 aromatic rings. The summed E-state index contributed by atoms with van der Waals surface area (Å²) in [6.45, 7) is 3.31. The van der Waals surface area contributed by atoms with Crippen LogP contribution in [0.2, 0.25) is 0 Å². The SMILES string of the molecule is CCCNC(=O)C(C)N(Cc1ccccc1)C(=O)CN(c1cccc([N+](=O)[O-])c1)S(=O)(=O)c1ccccc1. The minimum absolute atomic E-state index is 0.0425. The van der Waals surface area contributed by atoms with Crippen molar-refractivity contribution in [3.8, 4) is 0 Å². The number of nitro groups is 1. The van der Waals surface area contributed by atoms with Gasteiger partial charge in [0.25, 0.3) is 15.7 Å². The van der Waals surface area contributed by atoms with Gasteiger partial charge < -0.3 is 10.2 Å². The van der Waals surface area contributed by atoms with Crippen molar-refractivity contribution in [3.63, 3.8) is 0 Å². The third-order valence-corrected chi connectivity index (χ3v) is 7.64. The highest BCUT2D eigenvalue weighted by molar-refractivity contribution is 7.92. The van der Waals surface area contributed by atoms with E-state index < -0.39 is 33.4 Å². The Hall–Kier alpha value is -4.25. The van der Waals surface area contributed by atoms with E-state index in [0.29, 0.717) is 13.0 Å². The van der Waals surface area contributed by atoms with Crippen LogP contribution in [-0.2, 0) is 26.2 Å². The zero-order chi connectivity index (χ0) is 27.7. The predicted octanol–water partition coefficient (Wildman–Crippen LogP) is 3.73. The number of carbonyl (C=O) groups is 2. The van der Waals surface area contributed by atoms with Gasteiger partial charge in [0.15, 0.2) is 0 Å². The second-order valence-corrected chi connectivity index (χ2v) is 10.4. The molecule has 0 aliphatic carbocycles. The molecule has 0 saturated heterocycles. The van der Waals surface area contributed by atoms with E-state index in [2.05, 4.69) is 5.32 Å². The van der Waals surface area contributed by atoms with Crippen molar-refractivity contribution in [3.05, 3.63) is 101 Å². The fraction of sp³-hybridized carbons (Fsp3) is 0.259. The summed E-state index contributed by atoms with van der Waals surface area (Å²) in [6, 6.07) is 20.7. The summed E-state index contributed by atoms with van der Waals surface area (Å²) in [5, 5.41) is 14.2. The molecule has 0 radical (unpaired) electrons. The number of non-ortho nitro benzene ring substituents is 1. The molecule has 200 valence electrons. The Kier molecular flexibility index (Phi) is 9.55. The first-order valence-electron chi connectivity index (χ1n) is 12.1. The molecule has 0 saturated carbocycles. The van der Waals surface area contributed by atoms with Gasteiger partial charge in [0.2, 0.25) is 11.8 Å². The van der Waals surface area contributed by atoms with Gasteiger partial charge in [-0.15, -0.1) is 0 Å². The van der Waals surface area contributed by atoms with Crippen LogP contribution in [0.25, 0.3) is 0 Å². The average Bonchev–Trinajstić information content (AvgIpc) is 2.93. The number of anilines is 1. The summed E-state index contributed by atoms with van der Waals surface area (Å²) in [5.41, 5.74) is 0.389. The number of hydrogen-bond donors (Lipinski definition) is 1. The van der Waals surface area contributed by atoms with Crippen LogP contribution < -0.4 is 9.62 Å². The smallest absolute Gasteiger partial charge is 0.271 e. The van der Waals surface area contributed by atoms with Gasteiger partial charge in [0, 0.05) is 25.2 Å². The lowest BCUT2D eigenvalue weighted by Crippen LogP contribution is -2.51. The number of benzene rings is 3. The monoisotopic (exact) mass is 538 g/mol. The molecule has 0 aliphatic rings. The van der Waals surface area contributed by atoms with Crippen molar-refractivity contribution in [2.24, 2.45) is 0 Å². The molecule has 11 heteroatoms. The molecule has 0 spiro atoms. The van der Waals surface area contributed by atoms with Crippen molar-refractivity contribution < 1.29 is 22.9 Å². The van der Waals surface area contributed by atoms with Crippen molar-refractivity contribution in [2.45, 2.75) is 37.8 Å². The Balaban J connectivity index is 2.04. The first-order valence-corrected chi connectivity index (χ1v) is 13.5. The molecule has 0 aliphatic heterocycles. The van der Waals surface area contributed by atoms with Crippen LogP contribution in [0, 0.1) is 10.1 Å². The minimum atomic E-state index is -4.30. The number of sulfonamides is 1. The molecule has 0 heterocycles. The fourth-order valence-electron chi connectivity index (χ4n) is 3.77. The molecule has 0 bridgehead atoms. The van der Waals surface area contributed by atoms with Crippen molar-refractivity contribution >= 4 is 33.2 Å².